The number of aromatic nitrogens is 4. The van der Waals surface area contributed by atoms with Crippen molar-refractivity contribution >= 4 is 46.6 Å². The lowest BCUT2D eigenvalue weighted by molar-refractivity contribution is 0.0606. The Morgan fingerprint density at radius 1 is 1.07 bits per heavy atom. The van der Waals surface area contributed by atoms with Crippen LogP contribution in [-0.2, 0) is 12.2 Å². The first-order valence-electron chi connectivity index (χ1n) is 12.7. The summed E-state index contributed by atoms with van der Waals surface area (Å²) in [7, 11) is 0. The van der Waals surface area contributed by atoms with Crippen molar-refractivity contribution in [2.45, 2.75) is 37.4 Å². The van der Waals surface area contributed by atoms with Gasteiger partial charge in [0, 0.05) is 24.2 Å². The van der Waals surface area contributed by atoms with E-state index in [0.29, 0.717) is 56.8 Å². The minimum atomic E-state index is -1.20. The molecule has 1 unspecified atom stereocenters. The number of hydrogen-bond acceptors (Lipinski definition) is 7. The Morgan fingerprint density at radius 3 is 2.50 bits per heavy atom. The molecule has 3 heterocycles. The molecule has 4 aromatic rings. The second kappa shape index (κ2) is 10.6. The van der Waals surface area contributed by atoms with Crippen LogP contribution in [0.3, 0.4) is 0 Å². The van der Waals surface area contributed by atoms with E-state index in [2.05, 4.69) is 15.3 Å². The van der Waals surface area contributed by atoms with E-state index in [4.69, 9.17) is 44.6 Å². The molecule has 2 aromatic carbocycles. The molecule has 1 atom stereocenters. The highest BCUT2D eigenvalue weighted by atomic mass is 35.5. The van der Waals surface area contributed by atoms with Gasteiger partial charge in [-0.1, -0.05) is 52.1 Å². The molecule has 2 fully saturated rings. The molecule has 6 rings (SSSR count). The zero-order chi connectivity index (χ0) is 28.0. The van der Waals surface area contributed by atoms with E-state index < -0.39 is 11.6 Å². The van der Waals surface area contributed by atoms with Gasteiger partial charge in [0.25, 0.3) is 0 Å². The van der Waals surface area contributed by atoms with E-state index in [1.807, 2.05) is 4.90 Å². The van der Waals surface area contributed by atoms with Gasteiger partial charge in [0.1, 0.15) is 35.2 Å². The Morgan fingerprint density at radius 2 is 1.85 bits per heavy atom. The smallest absolute Gasteiger partial charge is 0.337 e. The molecule has 40 heavy (non-hydrogen) atoms. The molecule has 206 valence electrons. The first-order valence-corrected chi connectivity index (χ1v) is 13.9. The van der Waals surface area contributed by atoms with Crippen molar-refractivity contribution in [3.05, 3.63) is 92.3 Å². The minimum absolute atomic E-state index is 0.106. The molecule has 1 aliphatic carbocycles. The summed E-state index contributed by atoms with van der Waals surface area (Å²) in [4.78, 5) is 17.3. The van der Waals surface area contributed by atoms with Gasteiger partial charge in [-0.05, 0) is 55.7 Å². The molecular formula is C28H24Cl3N5O4. The van der Waals surface area contributed by atoms with Crippen LogP contribution >= 0.6 is 34.8 Å². The molecule has 1 saturated carbocycles. The molecule has 2 aliphatic rings. The number of nitrogens with zero attached hydrogens (tertiary/aromatic N) is 5. The number of carboxylic acids is 1. The maximum atomic E-state index is 11.5. The summed E-state index contributed by atoms with van der Waals surface area (Å²) in [6.45, 7) is 0.975. The molecule has 9 nitrogen and oxygen atoms in total. The fourth-order valence-corrected chi connectivity index (χ4v) is 5.92. The molecule has 12 heteroatoms. The lowest BCUT2D eigenvalue weighted by Crippen LogP contribution is -2.31. The number of para-hydroxylation sites is 1. The number of rotatable bonds is 8. The van der Waals surface area contributed by atoms with Crippen LogP contribution in [-0.4, -0.2) is 49.2 Å². The molecule has 0 amide bonds. The quantitative estimate of drug-likeness (QED) is 0.258. The zero-order valence-electron chi connectivity index (χ0n) is 21.1. The normalized spacial score (nSPS) is 18.8. The Kier molecular flexibility index (Phi) is 7.08. The number of aliphatic hydroxyl groups is 1. The van der Waals surface area contributed by atoms with Crippen molar-refractivity contribution in [2.75, 3.05) is 18.0 Å². The first-order chi connectivity index (χ1) is 19.2. The van der Waals surface area contributed by atoms with Crippen LogP contribution in [0, 0.1) is 0 Å². The molecule has 2 N–H and O–H groups in total. The van der Waals surface area contributed by atoms with Gasteiger partial charge in [-0.15, -0.1) is 5.10 Å². The third-order valence-electron chi connectivity index (χ3n) is 7.29. The molecule has 1 aliphatic heterocycles. The SMILES string of the molecule is O=C(O)c1ccc(N2CCC(O)(c3ccc(OCc4c(C5CC5)nnn4-c4c(Cl)cccc4Cl)cc3Cl)C2)nc1. The maximum absolute atomic E-state index is 11.5. The fourth-order valence-electron chi connectivity index (χ4n) is 5.02. The summed E-state index contributed by atoms with van der Waals surface area (Å²) in [6, 6.07) is 13.6. The number of benzene rings is 2. The average Bonchev–Trinajstić information content (AvgIpc) is 3.57. The molecule has 2 aromatic heterocycles. The van der Waals surface area contributed by atoms with Gasteiger partial charge >= 0.3 is 5.97 Å². The van der Waals surface area contributed by atoms with Gasteiger partial charge in [-0.3, -0.25) is 0 Å². The van der Waals surface area contributed by atoms with Gasteiger partial charge in [-0.2, -0.15) is 0 Å². The molecule has 0 bridgehead atoms. The summed E-state index contributed by atoms with van der Waals surface area (Å²) in [6.07, 6.45) is 3.82. The second-order valence-electron chi connectivity index (χ2n) is 10.0. The molecular weight excluding hydrogens is 577 g/mol. The minimum Gasteiger partial charge on any atom is -0.487 e. The van der Waals surface area contributed by atoms with E-state index in [0.717, 1.165) is 24.2 Å². The number of anilines is 1. The number of carbonyl (C=O) groups is 1. The van der Waals surface area contributed by atoms with Gasteiger partial charge in [0.2, 0.25) is 0 Å². The fraction of sp³-hybridized carbons (Fsp3) is 0.286. The van der Waals surface area contributed by atoms with E-state index in [-0.39, 0.29) is 18.7 Å². The molecule has 0 spiro atoms. The molecule has 0 radical (unpaired) electrons. The van der Waals surface area contributed by atoms with Gasteiger partial charge < -0.3 is 19.8 Å². The summed E-state index contributed by atoms with van der Waals surface area (Å²) in [5, 5.41) is 30.6. The van der Waals surface area contributed by atoms with Gasteiger partial charge in [-0.25, -0.2) is 14.5 Å². The Bertz CT molecular complexity index is 1570. The summed E-state index contributed by atoms with van der Waals surface area (Å²) >= 11 is 19.6. The van der Waals surface area contributed by atoms with E-state index in [1.165, 1.54) is 12.3 Å². The predicted molar refractivity (Wildman–Crippen MR) is 151 cm³/mol. The van der Waals surface area contributed by atoms with Crippen LogP contribution in [0.1, 0.15) is 52.5 Å². The highest BCUT2D eigenvalue weighted by molar-refractivity contribution is 6.37. The van der Waals surface area contributed by atoms with Crippen molar-refractivity contribution in [1.29, 1.82) is 0 Å². The third kappa shape index (κ3) is 5.10. The highest BCUT2D eigenvalue weighted by Gasteiger charge is 2.40. The Hall–Kier alpha value is -3.37. The van der Waals surface area contributed by atoms with Crippen LogP contribution in [0.4, 0.5) is 5.82 Å². The Labute approximate surface area is 244 Å². The van der Waals surface area contributed by atoms with Crippen molar-refractivity contribution in [1.82, 2.24) is 20.0 Å². The van der Waals surface area contributed by atoms with Crippen LogP contribution in [0.15, 0.2) is 54.7 Å². The lowest BCUT2D eigenvalue weighted by atomic mass is 9.93. The largest absolute Gasteiger partial charge is 0.487 e. The van der Waals surface area contributed by atoms with Gasteiger partial charge in [0.05, 0.1) is 32.9 Å². The number of aromatic carboxylic acids is 1. The van der Waals surface area contributed by atoms with Crippen LogP contribution < -0.4 is 9.64 Å². The first kappa shape index (κ1) is 26.8. The number of hydrogen-bond donors (Lipinski definition) is 2. The summed E-state index contributed by atoms with van der Waals surface area (Å²) < 4.78 is 7.78. The van der Waals surface area contributed by atoms with E-state index >= 15 is 0 Å². The highest BCUT2D eigenvalue weighted by Crippen LogP contribution is 2.42. The summed E-state index contributed by atoms with van der Waals surface area (Å²) in [5.74, 6) is 0.405. The van der Waals surface area contributed by atoms with Crippen LogP contribution in [0.25, 0.3) is 5.69 Å². The maximum Gasteiger partial charge on any atom is 0.337 e. The third-order valence-corrected chi connectivity index (χ3v) is 8.21. The standard InChI is InChI=1S/C28H24Cl3N5O4/c29-20-2-1-3-21(30)26(20)36-23(25(33-34-36)16-4-5-16)14-40-18-7-8-19(22(31)12-18)28(39)10-11-35(15-28)24-9-6-17(13-32-24)27(37)38/h1-3,6-9,12-13,16,39H,4-5,10-11,14-15H2,(H,37,38). The predicted octanol–water partition coefficient (Wildman–Crippen LogP) is 5.88. The van der Waals surface area contributed by atoms with Crippen molar-refractivity contribution < 1.29 is 19.7 Å². The number of halogens is 3. The van der Waals surface area contributed by atoms with E-state index in [9.17, 15) is 9.90 Å². The number of ether oxygens (including phenoxy) is 1. The van der Waals surface area contributed by atoms with Gasteiger partial charge in [0.15, 0.2) is 0 Å². The number of pyridine rings is 1. The Balaban J connectivity index is 1.20. The zero-order valence-corrected chi connectivity index (χ0v) is 23.4. The van der Waals surface area contributed by atoms with E-state index in [1.54, 1.807) is 47.1 Å². The average molecular weight is 601 g/mol. The monoisotopic (exact) mass is 599 g/mol. The lowest BCUT2D eigenvalue weighted by Gasteiger charge is -2.25. The van der Waals surface area contributed by atoms with Crippen molar-refractivity contribution in [3.8, 4) is 11.4 Å². The van der Waals surface area contributed by atoms with Crippen molar-refractivity contribution in [2.24, 2.45) is 0 Å². The topological polar surface area (TPSA) is 114 Å². The van der Waals surface area contributed by atoms with Crippen molar-refractivity contribution in [3.63, 3.8) is 0 Å². The van der Waals surface area contributed by atoms with Crippen LogP contribution in [0.2, 0.25) is 15.1 Å². The molecule has 1 saturated heterocycles. The summed E-state index contributed by atoms with van der Waals surface area (Å²) in [5.41, 5.74) is 1.67. The number of β-amino-alcohol motifs (C(OH)–C–C–N with tert-alkyl or cyclic N) is 1. The number of carboxylic acid groups (broad SMARTS) is 1. The van der Waals surface area contributed by atoms with Crippen LogP contribution in [0.5, 0.6) is 5.75 Å². The second-order valence-corrected chi connectivity index (χ2v) is 11.2.